The number of furan rings is 1. The van der Waals surface area contributed by atoms with Gasteiger partial charge < -0.3 is 15.5 Å². The maximum absolute atomic E-state index is 13.5. The molecular weight excluding hydrogens is 554 g/mol. The molecule has 0 fully saturated rings. The van der Waals surface area contributed by atoms with Crippen molar-refractivity contribution in [2.45, 2.75) is 6.18 Å². The molecule has 4 heterocycles. The number of anilines is 1. The molecule has 2 amide bonds. The van der Waals surface area contributed by atoms with Gasteiger partial charge >= 0.3 is 6.18 Å². The van der Waals surface area contributed by atoms with Crippen LogP contribution in [0.4, 0.5) is 18.9 Å². The average molecular weight is 566 g/mol. The number of hydrogen-bond donors (Lipinski definition) is 3. The van der Waals surface area contributed by atoms with Gasteiger partial charge in [0.15, 0.2) is 0 Å². The zero-order valence-electron chi connectivity index (χ0n) is 18.1. The van der Waals surface area contributed by atoms with Crippen molar-refractivity contribution in [3.8, 4) is 22.6 Å². The van der Waals surface area contributed by atoms with E-state index in [-0.39, 0.29) is 37.8 Å². The Hall–Kier alpha value is -3.87. The molecule has 0 atom stereocenters. The number of aromatic amines is 1. The second kappa shape index (κ2) is 9.21. The summed E-state index contributed by atoms with van der Waals surface area (Å²) in [5.74, 6) is -1.62. The third-order valence-electron chi connectivity index (χ3n) is 5.24. The Labute approximate surface area is 219 Å². The molecule has 0 radical (unpaired) electrons. The monoisotopic (exact) mass is 565 g/mol. The molecule has 37 heavy (non-hydrogen) atoms. The van der Waals surface area contributed by atoms with Crippen LogP contribution >= 0.6 is 34.5 Å². The van der Waals surface area contributed by atoms with Crippen LogP contribution in [0.2, 0.25) is 10.0 Å². The van der Waals surface area contributed by atoms with E-state index in [4.69, 9.17) is 33.4 Å². The highest BCUT2D eigenvalue weighted by Gasteiger charge is 2.35. The summed E-state index contributed by atoms with van der Waals surface area (Å²) in [6.07, 6.45) is -3.49. The van der Waals surface area contributed by atoms with E-state index < -0.39 is 23.7 Å². The molecule has 5 aromatic rings. The highest BCUT2D eigenvalue weighted by atomic mass is 35.5. The lowest BCUT2D eigenvalue weighted by molar-refractivity contribution is -0.140. The molecule has 0 bridgehead atoms. The molecule has 1 aromatic carbocycles. The Morgan fingerprint density at radius 2 is 1.89 bits per heavy atom. The predicted molar refractivity (Wildman–Crippen MR) is 133 cm³/mol. The fraction of sp³-hybridized carbons (Fsp3) is 0.0435. The van der Waals surface area contributed by atoms with Crippen molar-refractivity contribution in [2.75, 3.05) is 5.32 Å². The molecular formula is C23H12Cl2F3N5O3S. The maximum Gasteiger partial charge on any atom is 0.433 e. The lowest BCUT2D eigenvalue weighted by atomic mass is 10.1. The minimum atomic E-state index is -4.77. The molecule has 4 N–H and O–H groups in total. The summed E-state index contributed by atoms with van der Waals surface area (Å²) in [5.41, 5.74) is 5.12. The molecule has 0 spiro atoms. The molecule has 0 unspecified atom stereocenters. The number of thiophene rings is 1. The summed E-state index contributed by atoms with van der Waals surface area (Å²) < 4.78 is 46.0. The van der Waals surface area contributed by atoms with Gasteiger partial charge in [0.25, 0.3) is 11.8 Å². The maximum atomic E-state index is 13.5. The van der Waals surface area contributed by atoms with Gasteiger partial charge in [-0.05, 0) is 36.4 Å². The van der Waals surface area contributed by atoms with Crippen molar-refractivity contribution >= 4 is 62.3 Å². The summed E-state index contributed by atoms with van der Waals surface area (Å²) in [7, 11) is 0. The third kappa shape index (κ3) is 4.66. The van der Waals surface area contributed by atoms with Gasteiger partial charge in [0.1, 0.15) is 26.9 Å². The molecule has 0 saturated heterocycles. The number of hydrogen-bond acceptors (Lipinski definition) is 6. The van der Waals surface area contributed by atoms with Gasteiger partial charge in [-0.3, -0.25) is 14.7 Å². The molecule has 0 saturated carbocycles. The highest BCUT2D eigenvalue weighted by molar-refractivity contribution is 7.21. The molecule has 8 nitrogen and oxygen atoms in total. The smallest absolute Gasteiger partial charge is 0.433 e. The number of carbonyl (C=O) groups is 2. The van der Waals surface area contributed by atoms with E-state index in [1.54, 1.807) is 18.2 Å². The number of amides is 2. The van der Waals surface area contributed by atoms with Crippen molar-refractivity contribution in [3.63, 3.8) is 0 Å². The van der Waals surface area contributed by atoms with E-state index >= 15 is 0 Å². The van der Waals surface area contributed by atoms with Crippen molar-refractivity contribution in [2.24, 2.45) is 5.73 Å². The number of rotatable bonds is 5. The van der Waals surface area contributed by atoms with Crippen molar-refractivity contribution in [3.05, 3.63) is 75.0 Å². The van der Waals surface area contributed by atoms with Crippen LogP contribution in [0.1, 0.15) is 25.9 Å². The van der Waals surface area contributed by atoms with Crippen LogP contribution in [-0.2, 0) is 6.18 Å². The zero-order valence-corrected chi connectivity index (χ0v) is 20.4. The minimum absolute atomic E-state index is 0.00439. The van der Waals surface area contributed by atoms with Crippen LogP contribution in [-0.4, -0.2) is 27.0 Å². The first-order valence-corrected chi connectivity index (χ1v) is 11.8. The second-order valence-corrected chi connectivity index (χ2v) is 9.44. The Morgan fingerprint density at radius 1 is 1.11 bits per heavy atom. The first kappa shape index (κ1) is 24.8. The summed E-state index contributed by atoms with van der Waals surface area (Å²) in [5, 5.41) is 9.95. The Bertz CT molecular complexity index is 1680. The standard InChI is InChI=1S/C23H12Cl2F3N5O3S/c24-11-4-3-9(6-12(11)25)13-8-14(33-32-13)21(35)31-18-17-10(15-2-1-5-36-15)7-16(23(26,27)28)30-22(17)37-19(18)20(29)34/h1-8H,(H2,29,34)(H,31,35)(H,32,33). The fourth-order valence-corrected chi connectivity index (χ4v) is 4.89. The van der Waals surface area contributed by atoms with Crippen molar-refractivity contribution in [1.82, 2.24) is 15.2 Å². The van der Waals surface area contributed by atoms with Gasteiger partial charge in [-0.25, -0.2) is 4.98 Å². The lowest BCUT2D eigenvalue weighted by Gasteiger charge is -2.10. The summed E-state index contributed by atoms with van der Waals surface area (Å²) in [6, 6.07) is 9.95. The number of aromatic nitrogens is 3. The van der Waals surface area contributed by atoms with E-state index in [9.17, 15) is 22.8 Å². The number of alkyl halides is 3. The highest BCUT2D eigenvalue weighted by Crippen LogP contribution is 2.44. The molecule has 4 aromatic heterocycles. The molecule has 0 aliphatic rings. The summed E-state index contributed by atoms with van der Waals surface area (Å²) in [6.45, 7) is 0. The Balaban J connectivity index is 1.60. The van der Waals surface area contributed by atoms with E-state index in [0.717, 1.165) is 6.07 Å². The van der Waals surface area contributed by atoms with Crippen LogP contribution in [0.5, 0.6) is 0 Å². The summed E-state index contributed by atoms with van der Waals surface area (Å²) >= 11 is 12.6. The largest absolute Gasteiger partial charge is 0.464 e. The molecule has 14 heteroatoms. The molecule has 188 valence electrons. The fourth-order valence-electron chi connectivity index (χ4n) is 3.58. The van der Waals surface area contributed by atoms with Gasteiger partial charge in [0, 0.05) is 16.5 Å². The zero-order chi connectivity index (χ0) is 26.5. The van der Waals surface area contributed by atoms with Crippen molar-refractivity contribution < 1.29 is 27.2 Å². The van der Waals surface area contributed by atoms with Gasteiger partial charge in [0.05, 0.1) is 27.7 Å². The number of nitrogens with two attached hydrogens (primary N) is 1. The number of primary amides is 1. The van der Waals surface area contributed by atoms with Gasteiger partial charge in [-0.1, -0.05) is 29.3 Å². The normalized spacial score (nSPS) is 11.7. The number of carbonyl (C=O) groups excluding carboxylic acids is 2. The SMILES string of the molecule is NC(=O)c1sc2nc(C(F)(F)F)cc(-c3ccco3)c2c1NC(=O)c1cc(-c2ccc(Cl)c(Cl)c2)n[nH]1. The van der Waals surface area contributed by atoms with Crippen LogP contribution < -0.4 is 11.1 Å². The van der Waals surface area contributed by atoms with Gasteiger partial charge in [0.2, 0.25) is 0 Å². The van der Waals surface area contributed by atoms with Gasteiger partial charge in [-0.15, -0.1) is 11.3 Å². The Kier molecular flexibility index (Phi) is 6.18. The number of pyridine rings is 1. The third-order valence-corrected chi connectivity index (χ3v) is 7.08. The number of H-pyrrole nitrogens is 1. The molecule has 0 aliphatic heterocycles. The van der Waals surface area contributed by atoms with Crippen LogP contribution in [0, 0.1) is 0 Å². The second-order valence-electron chi connectivity index (χ2n) is 7.63. The quantitative estimate of drug-likeness (QED) is 0.220. The van der Waals surface area contributed by atoms with Gasteiger partial charge in [-0.2, -0.15) is 18.3 Å². The molecule has 5 rings (SSSR count). The summed E-state index contributed by atoms with van der Waals surface area (Å²) in [4.78, 5) is 28.6. The number of benzene rings is 1. The van der Waals surface area contributed by atoms with Crippen LogP contribution in [0.3, 0.4) is 0 Å². The first-order chi connectivity index (χ1) is 17.5. The Morgan fingerprint density at radius 3 is 2.54 bits per heavy atom. The number of fused-ring (bicyclic) bond motifs is 1. The number of halogens is 5. The average Bonchev–Trinajstić information content (AvgIpc) is 3.60. The van der Waals surface area contributed by atoms with E-state index in [1.807, 2.05) is 0 Å². The van der Waals surface area contributed by atoms with Crippen LogP contribution in [0.25, 0.3) is 32.8 Å². The van der Waals surface area contributed by atoms with E-state index in [0.29, 0.717) is 32.6 Å². The first-order valence-electron chi connectivity index (χ1n) is 10.2. The number of nitrogens with one attached hydrogen (secondary N) is 2. The van der Waals surface area contributed by atoms with Crippen molar-refractivity contribution in [1.29, 1.82) is 0 Å². The van der Waals surface area contributed by atoms with Crippen LogP contribution in [0.15, 0.2) is 53.1 Å². The lowest BCUT2D eigenvalue weighted by Crippen LogP contribution is -2.17. The predicted octanol–water partition coefficient (Wildman–Crippen LogP) is 6.62. The van der Waals surface area contributed by atoms with E-state index in [1.165, 1.54) is 24.5 Å². The minimum Gasteiger partial charge on any atom is -0.464 e. The molecule has 0 aliphatic carbocycles. The number of nitrogens with zero attached hydrogens (tertiary/aromatic N) is 2. The van der Waals surface area contributed by atoms with E-state index in [2.05, 4.69) is 20.5 Å². The topological polar surface area (TPSA) is 127 Å².